The van der Waals surface area contributed by atoms with Gasteiger partial charge in [0.15, 0.2) is 0 Å². The van der Waals surface area contributed by atoms with Crippen LogP contribution in [-0.4, -0.2) is 22.1 Å². The number of benzene rings is 3. The lowest BCUT2D eigenvalue weighted by molar-refractivity contribution is 0.496. The van der Waals surface area contributed by atoms with E-state index in [1.807, 2.05) is 55.0 Å². The maximum Gasteiger partial charge on any atom is 0.0991 e. The summed E-state index contributed by atoms with van der Waals surface area (Å²) in [6, 6.07) is 24.5. The first-order valence-corrected chi connectivity index (χ1v) is 12.3. The Labute approximate surface area is 215 Å². The number of anilines is 1. The molecule has 35 heavy (non-hydrogen) atoms. The summed E-state index contributed by atoms with van der Waals surface area (Å²) in [5.74, 6) is 0. The van der Waals surface area contributed by atoms with E-state index < -0.39 is 0 Å². The van der Waals surface area contributed by atoms with E-state index in [-0.39, 0.29) is 6.04 Å². The highest BCUT2D eigenvalue weighted by molar-refractivity contribution is 6.43. The van der Waals surface area contributed by atoms with E-state index in [0.29, 0.717) is 28.7 Å². The predicted molar refractivity (Wildman–Crippen MR) is 141 cm³/mol. The second kappa shape index (κ2) is 10.5. The molecular weight excluding hydrogens is 477 g/mol. The number of hydrogen-bond donors (Lipinski definition) is 1. The number of fused-ring (bicyclic) bond motifs is 1. The van der Waals surface area contributed by atoms with Crippen LogP contribution in [-0.2, 0) is 26.1 Å². The fraction of sp³-hybridized carbons (Fsp3) is 0.214. The zero-order valence-electron chi connectivity index (χ0n) is 19.2. The van der Waals surface area contributed by atoms with Crippen LogP contribution in [0.3, 0.4) is 0 Å². The van der Waals surface area contributed by atoms with Crippen molar-refractivity contribution in [3.8, 4) is 6.07 Å². The molecule has 0 bridgehead atoms. The summed E-state index contributed by atoms with van der Waals surface area (Å²) < 4.78 is 2.14. The van der Waals surface area contributed by atoms with Crippen molar-refractivity contribution in [2.75, 3.05) is 11.4 Å². The van der Waals surface area contributed by atoms with Crippen LogP contribution in [0.25, 0.3) is 0 Å². The molecule has 0 radical (unpaired) electrons. The first kappa shape index (κ1) is 23.4. The van der Waals surface area contributed by atoms with Gasteiger partial charge in [0, 0.05) is 38.4 Å². The minimum absolute atomic E-state index is 0.215. The first-order valence-electron chi connectivity index (χ1n) is 11.6. The molecule has 0 amide bonds. The summed E-state index contributed by atoms with van der Waals surface area (Å²) >= 11 is 12.9. The topological polar surface area (TPSA) is 56.9 Å². The molecule has 0 fully saturated rings. The van der Waals surface area contributed by atoms with Gasteiger partial charge in [-0.25, -0.2) is 4.98 Å². The molecule has 5 nitrogen and oxygen atoms in total. The molecule has 3 aromatic carbocycles. The smallest absolute Gasteiger partial charge is 0.0991 e. The van der Waals surface area contributed by atoms with Crippen LogP contribution in [0, 0.1) is 11.3 Å². The van der Waals surface area contributed by atoms with Crippen molar-refractivity contribution in [1.82, 2.24) is 14.9 Å². The molecular formula is C28H25Cl2N5. The average Bonchev–Trinajstić information content (AvgIpc) is 3.23. The van der Waals surface area contributed by atoms with Gasteiger partial charge in [0.05, 0.1) is 39.4 Å². The number of halogens is 2. The van der Waals surface area contributed by atoms with Gasteiger partial charge in [0.25, 0.3) is 0 Å². The van der Waals surface area contributed by atoms with Gasteiger partial charge in [0.2, 0.25) is 0 Å². The minimum Gasteiger partial charge on any atom is -0.364 e. The largest absolute Gasteiger partial charge is 0.364 e. The molecule has 0 saturated carbocycles. The highest BCUT2D eigenvalue weighted by Gasteiger charge is 2.24. The summed E-state index contributed by atoms with van der Waals surface area (Å²) in [4.78, 5) is 6.69. The third kappa shape index (κ3) is 5.36. The van der Waals surface area contributed by atoms with Gasteiger partial charge in [-0.05, 0) is 47.4 Å². The molecule has 1 N–H and O–H groups in total. The molecule has 4 aromatic rings. The Morgan fingerprint density at radius 2 is 1.80 bits per heavy atom. The Bertz CT molecular complexity index is 1360. The maximum absolute atomic E-state index is 9.03. The van der Waals surface area contributed by atoms with Crippen LogP contribution >= 0.6 is 23.2 Å². The molecule has 1 aliphatic rings. The summed E-state index contributed by atoms with van der Waals surface area (Å²) in [7, 11) is 0. The molecule has 1 atom stereocenters. The Hall–Kier alpha value is -3.30. The van der Waals surface area contributed by atoms with Crippen molar-refractivity contribution in [2.24, 2.45) is 0 Å². The Morgan fingerprint density at radius 3 is 2.60 bits per heavy atom. The average molecular weight is 502 g/mol. The van der Waals surface area contributed by atoms with Crippen molar-refractivity contribution < 1.29 is 0 Å². The number of nitrogens with one attached hydrogen (secondary N) is 1. The Morgan fingerprint density at radius 1 is 1.00 bits per heavy atom. The summed E-state index contributed by atoms with van der Waals surface area (Å²) in [6.45, 7) is 2.99. The third-order valence-electron chi connectivity index (χ3n) is 6.46. The predicted octanol–water partition coefficient (Wildman–Crippen LogP) is 5.83. The van der Waals surface area contributed by atoms with Gasteiger partial charge >= 0.3 is 0 Å². The monoisotopic (exact) mass is 501 g/mol. The molecule has 0 spiro atoms. The van der Waals surface area contributed by atoms with Crippen LogP contribution in [0.15, 0.2) is 79.3 Å². The SMILES string of the molecule is N#Cc1ccc(Cn2cncc2CN[C@H]2Cc3ccccc3CN(c3cccc(Cl)c3Cl)C2)cc1. The zero-order chi connectivity index (χ0) is 24.2. The van der Waals surface area contributed by atoms with E-state index in [9.17, 15) is 0 Å². The number of aromatic nitrogens is 2. The van der Waals surface area contributed by atoms with Gasteiger partial charge < -0.3 is 14.8 Å². The number of hydrogen-bond acceptors (Lipinski definition) is 4. The second-order valence-corrected chi connectivity index (χ2v) is 9.61. The van der Waals surface area contributed by atoms with Crippen molar-refractivity contribution >= 4 is 28.9 Å². The molecule has 1 aliphatic heterocycles. The van der Waals surface area contributed by atoms with Crippen LogP contribution in [0.2, 0.25) is 10.0 Å². The molecule has 7 heteroatoms. The lowest BCUT2D eigenvalue weighted by Gasteiger charge is -2.28. The standard InChI is InChI=1S/C28H25Cl2N5/c29-26-6-3-7-27(28(26)30)34-17-23-5-2-1-4-22(23)12-24(18-34)33-15-25-14-32-19-35(25)16-21-10-8-20(13-31)9-11-21/h1-11,14,19,24,33H,12,15-18H2/t24-/m0/s1. The third-order valence-corrected chi connectivity index (χ3v) is 7.27. The summed E-state index contributed by atoms with van der Waals surface area (Å²) in [5.41, 5.74) is 6.51. The van der Waals surface area contributed by atoms with E-state index in [2.05, 4.69) is 50.1 Å². The number of imidazole rings is 1. The fourth-order valence-corrected chi connectivity index (χ4v) is 5.02. The first-order chi connectivity index (χ1) is 17.1. The summed E-state index contributed by atoms with van der Waals surface area (Å²) in [6.07, 6.45) is 4.69. The second-order valence-electron chi connectivity index (χ2n) is 8.83. The van der Waals surface area contributed by atoms with Crippen LogP contribution in [0.4, 0.5) is 5.69 Å². The van der Waals surface area contributed by atoms with Crippen molar-refractivity contribution in [1.29, 1.82) is 5.26 Å². The van der Waals surface area contributed by atoms with Crippen molar-refractivity contribution in [3.63, 3.8) is 0 Å². The van der Waals surface area contributed by atoms with Gasteiger partial charge in [0.1, 0.15) is 0 Å². The highest BCUT2D eigenvalue weighted by atomic mass is 35.5. The molecule has 2 heterocycles. The van der Waals surface area contributed by atoms with E-state index in [1.165, 1.54) is 11.1 Å². The quantitative estimate of drug-likeness (QED) is 0.361. The molecule has 1 aromatic heterocycles. The molecule has 0 unspecified atom stereocenters. The normalized spacial score (nSPS) is 15.3. The Balaban J connectivity index is 1.34. The van der Waals surface area contributed by atoms with Crippen molar-refractivity contribution in [2.45, 2.75) is 32.1 Å². The van der Waals surface area contributed by atoms with E-state index in [1.54, 1.807) is 0 Å². The fourth-order valence-electron chi connectivity index (χ4n) is 4.60. The van der Waals surface area contributed by atoms with Crippen LogP contribution in [0.5, 0.6) is 0 Å². The lowest BCUT2D eigenvalue weighted by Crippen LogP contribution is -2.40. The van der Waals surface area contributed by atoms with E-state index in [0.717, 1.165) is 36.5 Å². The molecule has 176 valence electrons. The van der Waals surface area contributed by atoms with Crippen LogP contribution in [0.1, 0.15) is 27.9 Å². The minimum atomic E-state index is 0.215. The maximum atomic E-state index is 9.03. The van der Waals surface area contributed by atoms with Gasteiger partial charge in [-0.2, -0.15) is 5.26 Å². The number of nitrogens with zero attached hydrogens (tertiary/aromatic N) is 4. The van der Waals surface area contributed by atoms with Crippen molar-refractivity contribution in [3.05, 3.63) is 117 Å². The zero-order valence-corrected chi connectivity index (χ0v) is 20.7. The molecule has 5 rings (SSSR count). The Kier molecular flexibility index (Phi) is 7.06. The molecule has 0 saturated heterocycles. The number of nitriles is 1. The van der Waals surface area contributed by atoms with E-state index in [4.69, 9.17) is 28.5 Å². The lowest BCUT2D eigenvalue weighted by atomic mass is 10.0. The summed E-state index contributed by atoms with van der Waals surface area (Å²) in [5, 5.41) is 14.0. The van der Waals surface area contributed by atoms with Gasteiger partial charge in [-0.3, -0.25) is 0 Å². The van der Waals surface area contributed by atoms with Gasteiger partial charge in [-0.15, -0.1) is 0 Å². The molecule has 0 aliphatic carbocycles. The van der Waals surface area contributed by atoms with E-state index >= 15 is 0 Å². The highest BCUT2D eigenvalue weighted by Crippen LogP contribution is 2.34. The van der Waals surface area contributed by atoms with Gasteiger partial charge in [-0.1, -0.05) is 65.7 Å². The number of rotatable bonds is 6. The van der Waals surface area contributed by atoms with Crippen LogP contribution < -0.4 is 10.2 Å².